The quantitative estimate of drug-likeness (QED) is 0.697. The maximum absolute atomic E-state index is 12.1. The van der Waals surface area contributed by atoms with Gasteiger partial charge in [-0.2, -0.15) is 0 Å². The Morgan fingerprint density at radius 1 is 1.33 bits per heavy atom. The summed E-state index contributed by atoms with van der Waals surface area (Å²) in [6.45, 7) is 10.5. The fraction of sp³-hybridized carbons (Fsp3) is 0.846. The molecule has 0 spiro atoms. The van der Waals surface area contributed by atoms with Crippen LogP contribution in [0.3, 0.4) is 0 Å². The van der Waals surface area contributed by atoms with Gasteiger partial charge in [-0.3, -0.25) is 14.5 Å². The molecule has 0 saturated heterocycles. The lowest BCUT2D eigenvalue weighted by Crippen LogP contribution is -2.52. The Morgan fingerprint density at radius 2 is 1.89 bits per heavy atom. The third-order valence-corrected chi connectivity index (χ3v) is 3.24. The number of amides is 1. The van der Waals surface area contributed by atoms with Crippen molar-refractivity contribution >= 4 is 11.9 Å². The van der Waals surface area contributed by atoms with Crippen LogP contribution in [0.5, 0.6) is 0 Å². The largest absolute Gasteiger partial charge is 0.468 e. The molecule has 5 heteroatoms. The maximum Gasteiger partial charge on any atom is 0.319 e. The van der Waals surface area contributed by atoms with Crippen molar-refractivity contribution in [2.24, 2.45) is 0 Å². The summed E-state index contributed by atoms with van der Waals surface area (Å²) in [6, 6.07) is -0.347. The zero-order chi connectivity index (χ0) is 14.3. The number of hydrogen-bond acceptors (Lipinski definition) is 4. The third kappa shape index (κ3) is 5.49. The molecule has 0 aliphatic rings. The predicted octanol–water partition coefficient (Wildman–Crippen LogP) is 1.17. The van der Waals surface area contributed by atoms with Gasteiger partial charge in [0, 0.05) is 5.54 Å². The molecule has 0 aliphatic carbocycles. The number of carbonyl (C=O) groups is 2. The fourth-order valence-electron chi connectivity index (χ4n) is 1.45. The van der Waals surface area contributed by atoms with Gasteiger partial charge in [0.25, 0.3) is 0 Å². The lowest BCUT2D eigenvalue weighted by Gasteiger charge is -2.31. The number of esters is 1. The molecular formula is C13H26N2O3. The second kappa shape index (κ2) is 7.36. The first-order valence-electron chi connectivity index (χ1n) is 6.40. The fourth-order valence-corrected chi connectivity index (χ4v) is 1.45. The lowest BCUT2D eigenvalue weighted by atomic mass is 10.0. The summed E-state index contributed by atoms with van der Waals surface area (Å²) in [4.78, 5) is 25.1. The Bertz CT molecular complexity index is 290. The van der Waals surface area contributed by atoms with E-state index in [-0.39, 0.29) is 30.0 Å². The molecule has 5 nitrogen and oxygen atoms in total. The van der Waals surface area contributed by atoms with Crippen molar-refractivity contribution in [2.45, 2.75) is 52.6 Å². The van der Waals surface area contributed by atoms with Gasteiger partial charge in [0.15, 0.2) is 0 Å². The Balaban J connectivity index is 4.54. The second-order valence-electron chi connectivity index (χ2n) is 5.04. The minimum Gasteiger partial charge on any atom is -0.468 e. The Labute approximate surface area is 110 Å². The third-order valence-electron chi connectivity index (χ3n) is 3.24. The summed E-state index contributed by atoms with van der Waals surface area (Å²) in [5.74, 6) is -0.390. The molecule has 0 aromatic rings. The lowest BCUT2D eigenvalue weighted by molar-refractivity contribution is -0.143. The van der Waals surface area contributed by atoms with E-state index >= 15 is 0 Å². The van der Waals surface area contributed by atoms with E-state index in [2.05, 4.69) is 10.1 Å². The summed E-state index contributed by atoms with van der Waals surface area (Å²) in [5.41, 5.74) is -0.226. The number of nitrogens with zero attached hydrogens (tertiary/aromatic N) is 1. The van der Waals surface area contributed by atoms with Crippen LogP contribution in [0.25, 0.3) is 0 Å². The SMILES string of the molecule is CCN(CC(=O)OC)C(C)C(=O)NC(C)(C)CC. The van der Waals surface area contributed by atoms with Crippen molar-refractivity contribution in [3.8, 4) is 0 Å². The van der Waals surface area contributed by atoms with E-state index in [0.717, 1.165) is 6.42 Å². The van der Waals surface area contributed by atoms with Gasteiger partial charge in [0.1, 0.15) is 0 Å². The summed E-state index contributed by atoms with van der Waals surface area (Å²) in [7, 11) is 1.35. The zero-order valence-corrected chi connectivity index (χ0v) is 12.4. The van der Waals surface area contributed by atoms with Crippen LogP contribution >= 0.6 is 0 Å². The summed E-state index contributed by atoms with van der Waals surface area (Å²) < 4.78 is 4.62. The highest BCUT2D eigenvalue weighted by molar-refractivity contribution is 5.82. The smallest absolute Gasteiger partial charge is 0.319 e. The highest BCUT2D eigenvalue weighted by Gasteiger charge is 2.26. The minimum absolute atomic E-state index is 0.0624. The molecule has 0 aromatic carbocycles. The first kappa shape index (κ1) is 16.9. The van der Waals surface area contributed by atoms with Crippen LogP contribution < -0.4 is 5.32 Å². The standard InChI is InChI=1S/C13H26N2O3/c1-7-13(4,5)14-12(17)10(3)15(8-2)9-11(16)18-6/h10H,7-9H2,1-6H3,(H,14,17). The number of carbonyl (C=O) groups excluding carboxylic acids is 2. The molecule has 106 valence electrons. The van der Waals surface area contributed by atoms with Gasteiger partial charge in [-0.25, -0.2) is 0 Å². The highest BCUT2D eigenvalue weighted by atomic mass is 16.5. The minimum atomic E-state index is -0.347. The monoisotopic (exact) mass is 258 g/mol. The summed E-state index contributed by atoms with van der Waals surface area (Å²) in [5, 5.41) is 2.98. The van der Waals surface area contributed by atoms with Crippen molar-refractivity contribution < 1.29 is 14.3 Å². The van der Waals surface area contributed by atoms with Crippen molar-refractivity contribution in [1.82, 2.24) is 10.2 Å². The molecule has 0 bridgehead atoms. The van der Waals surface area contributed by atoms with Gasteiger partial charge in [-0.15, -0.1) is 0 Å². The number of ether oxygens (including phenoxy) is 1. The number of rotatable bonds is 7. The molecule has 0 rings (SSSR count). The molecule has 18 heavy (non-hydrogen) atoms. The van der Waals surface area contributed by atoms with Crippen LogP contribution in [0.15, 0.2) is 0 Å². The molecule has 0 radical (unpaired) electrons. The number of likely N-dealkylation sites (N-methyl/N-ethyl adjacent to an activating group) is 1. The van der Waals surface area contributed by atoms with Crippen LogP contribution in [0.4, 0.5) is 0 Å². The number of nitrogens with one attached hydrogen (secondary N) is 1. The number of methoxy groups -OCH3 is 1. The van der Waals surface area contributed by atoms with Gasteiger partial charge < -0.3 is 10.1 Å². The van der Waals surface area contributed by atoms with Crippen LogP contribution in [-0.2, 0) is 14.3 Å². The van der Waals surface area contributed by atoms with Gasteiger partial charge in [0.2, 0.25) is 5.91 Å². The molecule has 0 saturated carbocycles. The van der Waals surface area contributed by atoms with Crippen LogP contribution in [-0.4, -0.2) is 48.6 Å². The highest BCUT2D eigenvalue weighted by Crippen LogP contribution is 2.09. The maximum atomic E-state index is 12.1. The normalized spacial score (nSPS) is 13.3. The molecule has 0 heterocycles. The van der Waals surface area contributed by atoms with E-state index in [4.69, 9.17) is 0 Å². The van der Waals surface area contributed by atoms with E-state index in [1.54, 1.807) is 11.8 Å². The zero-order valence-electron chi connectivity index (χ0n) is 12.4. The van der Waals surface area contributed by atoms with Crippen LogP contribution in [0.1, 0.15) is 41.0 Å². The molecule has 0 aromatic heterocycles. The van der Waals surface area contributed by atoms with E-state index in [9.17, 15) is 9.59 Å². The van der Waals surface area contributed by atoms with E-state index in [0.29, 0.717) is 6.54 Å². The molecule has 0 aliphatic heterocycles. The Kier molecular flexibility index (Phi) is 6.91. The first-order chi connectivity index (χ1) is 8.27. The van der Waals surface area contributed by atoms with Crippen LogP contribution in [0.2, 0.25) is 0 Å². The van der Waals surface area contributed by atoms with Gasteiger partial charge in [-0.05, 0) is 33.7 Å². The molecule has 1 unspecified atom stereocenters. The van der Waals surface area contributed by atoms with E-state index < -0.39 is 0 Å². The van der Waals surface area contributed by atoms with E-state index in [1.807, 2.05) is 27.7 Å². The molecule has 0 fully saturated rings. The molecule has 1 amide bonds. The average Bonchev–Trinajstić information content (AvgIpc) is 2.34. The molecule has 1 N–H and O–H groups in total. The Hall–Kier alpha value is -1.10. The van der Waals surface area contributed by atoms with Crippen molar-refractivity contribution in [1.29, 1.82) is 0 Å². The molecular weight excluding hydrogens is 232 g/mol. The number of hydrogen-bond donors (Lipinski definition) is 1. The summed E-state index contributed by atoms with van der Waals surface area (Å²) >= 11 is 0. The van der Waals surface area contributed by atoms with Gasteiger partial charge >= 0.3 is 5.97 Å². The molecule has 1 atom stereocenters. The van der Waals surface area contributed by atoms with Crippen molar-refractivity contribution in [2.75, 3.05) is 20.2 Å². The van der Waals surface area contributed by atoms with E-state index in [1.165, 1.54) is 7.11 Å². The predicted molar refractivity (Wildman–Crippen MR) is 71.2 cm³/mol. The van der Waals surface area contributed by atoms with Crippen molar-refractivity contribution in [3.63, 3.8) is 0 Å². The van der Waals surface area contributed by atoms with Gasteiger partial charge in [0.05, 0.1) is 19.7 Å². The van der Waals surface area contributed by atoms with Gasteiger partial charge in [-0.1, -0.05) is 13.8 Å². The van der Waals surface area contributed by atoms with Crippen LogP contribution in [0, 0.1) is 0 Å². The average molecular weight is 258 g/mol. The van der Waals surface area contributed by atoms with Crippen molar-refractivity contribution in [3.05, 3.63) is 0 Å². The Morgan fingerprint density at radius 3 is 2.28 bits per heavy atom. The summed E-state index contributed by atoms with van der Waals surface area (Å²) in [6.07, 6.45) is 0.856. The topological polar surface area (TPSA) is 58.6 Å². The first-order valence-corrected chi connectivity index (χ1v) is 6.40. The second-order valence-corrected chi connectivity index (χ2v) is 5.04.